The normalized spacial score (nSPS) is 12.6. The minimum atomic E-state index is -0.180. The van der Waals surface area contributed by atoms with Gasteiger partial charge in [-0.25, -0.2) is 4.39 Å². The number of likely N-dealkylation sites (N-methyl/N-ethyl adjacent to an activating group) is 1. The van der Waals surface area contributed by atoms with Gasteiger partial charge in [-0.3, -0.25) is 4.68 Å². The summed E-state index contributed by atoms with van der Waals surface area (Å²) in [5.41, 5.74) is 3.33. The molecule has 1 atom stereocenters. The van der Waals surface area contributed by atoms with E-state index in [4.69, 9.17) is 0 Å². The van der Waals surface area contributed by atoms with Crippen molar-refractivity contribution >= 4 is 0 Å². The van der Waals surface area contributed by atoms with Crippen LogP contribution in [0.2, 0.25) is 0 Å². The highest BCUT2D eigenvalue weighted by Crippen LogP contribution is 2.22. The monoisotopic (exact) mass is 275 g/mol. The van der Waals surface area contributed by atoms with Gasteiger partial charge in [-0.15, -0.1) is 0 Å². The van der Waals surface area contributed by atoms with Crippen LogP contribution in [0.25, 0.3) is 0 Å². The van der Waals surface area contributed by atoms with Crippen LogP contribution in [0.4, 0.5) is 4.39 Å². The Morgan fingerprint density at radius 3 is 2.75 bits per heavy atom. The molecule has 0 saturated heterocycles. The Kier molecular flexibility index (Phi) is 4.90. The number of aromatic nitrogens is 2. The summed E-state index contributed by atoms with van der Waals surface area (Å²) in [5, 5.41) is 7.78. The zero-order valence-electron chi connectivity index (χ0n) is 12.4. The second-order valence-corrected chi connectivity index (χ2v) is 5.02. The fraction of sp³-hybridized carbons (Fsp3) is 0.438. The van der Waals surface area contributed by atoms with Gasteiger partial charge in [-0.1, -0.05) is 13.0 Å². The topological polar surface area (TPSA) is 29.9 Å². The molecule has 2 aromatic rings. The molecule has 0 aliphatic heterocycles. The minimum absolute atomic E-state index is 0.180. The summed E-state index contributed by atoms with van der Waals surface area (Å²) < 4.78 is 15.2. The Morgan fingerprint density at radius 2 is 2.15 bits per heavy atom. The molecule has 108 valence electrons. The van der Waals surface area contributed by atoms with Crippen molar-refractivity contribution in [3.8, 4) is 0 Å². The highest BCUT2D eigenvalue weighted by atomic mass is 19.1. The summed E-state index contributed by atoms with van der Waals surface area (Å²) in [7, 11) is 0. The molecule has 0 aliphatic carbocycles. The van der Waals surface area contributed by atoms with Crippen LogP contribution < -0.4 is 5.32 Å². The highest BCUT2D eigenvalue weighted by molar-refractivity contribution is 5.30. The van der Waals surface area contributed by atoms with Gasteiger partial charge in [0.1, 0.15) is 5.82 Å². The largest absolute Gasteiger partial charge is 0.310 e. The van der Waals surface area contributed by atoms with Gasteiger partial charge in [0, 0.05) is 18.8 Å². The van der Waals surface area contributed by atoms with E-state index in [0.717, 1.165) is 30.6 Å². The van der Waals surface area contributed by atoms with E-state index in [9.17, 15) is 4.39 Å². The second-order valence-electron chi connectivity index (χ2n) is 5.02. The average molecular weight is 275 g/mol. The summed E-state index contributed by atoms with van der Waals surface area (Å²) in [6.45, 7) is 7.87. The van der Waals surface area contributed by atoms with Gasteiger partial charge in [0.05, 0.1) is 6.20 Å². The van der Waals surface area contributed by atoms with E-state index in [1.165, 1.54) is 11.6 Å². The predicted octanol–water partition coefficient (Wildman–Crippen LogP) is 3.24. The van der Waals surface area contributed by atoms with Gasteiger partial charge in [0.25, 0.3) is 0 Å². The third-order valence-electron chi connectivity index (χ3n) is 3.51. The van der Waals surface area contributed by atoms with E-state index in [1.807, 2.05) is 23.9 Å². The van der Waals surface area contributed by atoms with E-state index < -0.39 is 0 Å². The van der Waals surface area contributed by atoms with Crippen LogP contribution in [-0.2, 0) is 13.0 Å². The SMILES string of the molecule is CCNC(Cc1cnn(CC)c1)c1ccc(F)cc1C. The Labute approximate surface area is 119 Å². The fourth-order valence-electron chi connectivity index (χ4n) is 2.49. The number of hydrogen-bond acceptors (Lipinski definition) is 2. The molecule has 20 heavy (non-hydrogen) atoms. The first kappa shape index (κ1) is 14.7. The maximum atomic E-state index is 13.2. The molecule has 2 rings (SSSR count). The van der Waals surface area contributed by atoms with Crippen molar-refractivity contribution < 1.29 is 4.39 Å². The molecule has 3 nitrogen and oxygen atoms in total. The molecule has 0 radical (unpaired) electrons. The molecule has 1 heterocycles. The van der Waals surface area contributed by atoms with Gasteiger partial charge in [-0.05, 0) is 55.6 Å². The van der Waals surface area contributed by atoms with Crippen molar-refractivity contribution in [3.63, 3.8) is 0 Å². The average Bonchev–Trinajstić information content (AvgIpc) is 2.86. The molecule has 1 unspecified atom stereocenters. The van der Waals surface area contributed by atoms with Gasteiger partial charge in [-0.2, -0.15) is 5.10 Å². The summed E-state index contributed by atoms with van der Waals surface area (Å²) in [5.74, 6) is -0.180. The number of nitrogens with one attached hydrogen (secondary N) is 1. The van der Waals surface area contributed by atoms with Crippen LogP contribution in [0.5, 0.6) is 0 Å². The number of nitrogens with zero attached hydrogens (tertiary/aromatic N) is 2. The zero-order chi connectivity index (χ0) is 14.5. The maximum absolute atomic E-state index is 13.2. The van der Waals surface area contributed by atoms with Crippen molar-refractivity contribution in [2.75, 3.05) is 6.54 Å². The van der Waals surface area contributed by atoms with Crippen molar-refractivity contribution in [2.45, 2.75) is 39.8 Å². The number of benzene rings is 1. The van der Waals surface area contributed by atoms with Crippen LogP contribution in [0.15, 0.2) is 30.6 Å². The Hall–Kier alpha value is -1.68. The van der Waals surface area contributed by atoms with Crippen molar-refractivity contribution in [2.24, 2.45) is 0 Å². The smallest absolute Gasteiger partial charge is 0.123 e. The first-order valence-electron chi connectivity index (χ1n) is 7.14. The van der Waals surface area contributed by atoms with E-state index in [0.29, 0.717) is 0 Å². The minimum Gasteiger partial charge on any atom is -0.310 e. The molecule has 0 aliphatic rings. The zero-order valence-corrected chi connectivity index (χ0v) is 12.4. The maximum Gasteiger partial charge on any atom is 0.123 e. The molecule has 0 amide bonds. The standard InChI is InChI=1S/C16H22FN3/c1-4-18-16(9-13-10-19-20(5-2)11-13)15-7-6-14(17)8-12(15)3/h6-8,10-11,16,18H,4-5,9H2,1-3H3. The predicted molar refractivity (Wildman–Crippen MR) is 79.2 cm³/mol. The van der Waals surface area contributed by atoms with Crippen LogP contribution in [0.1, 0.15) is 36.6 Å². The van der Waals surface area contributed by atoms with Gasteiger partial charge in [0.2, 0.25) is 0 Å². The third kappa shape index (κ3) is 3.45. The van der Waals surface area contributed by atoms with E-state index in [1.54, 1.807) is 6.07 Å². The lowest BCUT2D eigenvalue weighted by Crippen LogP contribution is -2.23. The molecule has 0 bridgehead atoms. The molecule has 0 fully saturated rings. The lowest BCUT2D eigenvalue weighted by molar-refractivity contribution is 0.544. The van der Waals surface area contributed by atoms with E-state index in [2.05, 4.69) is 30.5 Å². The lowest BCUT2D eigenvalue weighted by Gasteiger charge is -2.20. The second kappa shape index (κ2) is 6.66. The highest BCUT2D eigenvalue weighted by Gasteiger charge is 2.15. The molecule has 0 spiro atoms. The van der Waals surface area contributed by atoms with Gasteiger partial charge >= 0.3 is 0 Å². The molecule has 1 aromatic carbocycles. The van der Waals surface area contributed by atoms with E-state index >= 15 is 0 Å². The van der Waals surface area contributed by atoms with Crippen molar-refractivity contribution in [3.05, 3.63) is 53.1 Å². The summed E-state index contributed by atoms with van der Waals surface area (Å²) in [6.07, 6.45) is 4.84. The van der Waals surface area contributed by atoms with Crippen LogP contribution in [0.3, 0.4) is 0 Å². The first-order valence-corrected chi connectivity index (χ1v) is 7.14. The van der Waals surface area contributed by atoms with Crippen LogP contribution in [-0.4, -0.2) is 16.3 Å². The molecule has 1 N–H and O–H groups in total. The first-order chi connectivity index (χ1) is 9.63. The summed E-state index contributed by atoms with van der Waals surface area (Å²) in [6, 6.07) is 5.19. The van der Waals surface area contributed by atoms with E-state index in [-0.39, 0.29) is 11.9 Å². The molecular weight excluding hydrogens is 253 g/mol. The quantitative estimate of drug-likeness (QED) is 0.877. The number of hydrogen-bond donors (Lipinski definition) is 1. The number of aryl methyl sites for hydroxylation is 2. The summed E-state index contributed by atoms with van der Waals surface area (Å²) >= 11 is 0. The number of rotatable bonds is 6. The van der Waals surface area contributed by atoms with Crippen LogP contribution >= 0.6 is 0 Å². The molecular formula is C16H22FN3. The molecule has 1 aromatic heterocycles. The Bertz CT molecular complexity index is 563. The number of halogens is 1. The fourth-order valence-corrected chi connectivity index (χ4v) is 2.49. The van der Waals surface area contributed by atoms with Crippen molar-refractivity contribution in [1.29, 1.82) is 0 Å². The van der Waals surface area contributed by atoms with Gasteiger partial charge in [0.15, 0.2) is 0 Å². The van der Waals surface area contributed by atoms with Crippen LogP contribution in [0, 0.1) is 12.7 Å². The molecule has 4 heteroatoms. The Balaban J connectivity index is 2.21. The Morgan fingerprint density at radius 1 is 1.35 bits per heavy atom. The summed E-state index contributed by atoms with van der Waals surface area (Å²) in [4.78, 5) is 0. The van der Waals surface area contributed by atoms with Gasteiger partial charge < -0.3 is 5.32 Å². The molecule has 0 saturated carbocycles. The lowest BCUT2D eigenvalue weighted by atomic mass is 9.96. The third-order valence-corrected chi connectivity index (χ3v) is 3.51. The van der Waals surface area contributed by atoms with Crippen molar-refractivity contribution in [1.82, 2.24) is 15.1 Å².